The molecule has 0 saturated heterocycles. The number of nitrogens with two attached hydrogens (primary N) is 1. The lowest BCUT2D eigenvalue weighted by Gasteiger charge is -2.37. The fourth-order valence-electron chi connectivity index (χ4n) is 6.40. The Hall–Kier alpha value is -4.84. The summed E-state index contributed by atoms with van der Waals surface area (Å²) in [7, 11) is -2.54. The number of hydrogen-bond acceptors (Lipinski definition) is 11. The summed E-state index contributed by atoms with van der Waals surface area (Å²) in [5, 5.41) is 8.27. The maximum absolute atomic E-state index is 14.4. The SMILES string of the molecule is Cc1ccc(S(=O)(=O)NC(N)=NCCC[C@H](NC(=O)OC(C)(C)C)C(=O)NC2(C(=O)N(C)[C@@H](CS)C(=O)N[C@@H](Cc3ccccc3)C(=O)OC(C)(C)C)CCCC2)cc1. The Balaban J connectivity index is 1.78. The molecule has 6 N–H and O–H groups in total. The number of nitrogens with zero attached hydrogens (tertiary/aromatic N) is 2. The van der Waals surface area contributed by atoms with Gasteiger partial charge in [0, 0.05) is 25.8 Å². The summed E-state index contributed by atoms with van der Waals surface area (Å²) in [5.41, 5.74) is 4.44. The van der Waals surface area contributed by atoms with Crippen LogP contribution in [0.2, 0.25) is 0 Å². The van der Waals surface area contributed by atoms with Crippen LogP contribution in [0.15, 0.2) is 64.5 Å². The molecule has 1 aliphatic carbocycles. The molecule has 326 valence electrons. The van der Waals surface area contributed by atoms with Crippen LogP contribution in [0.5, 0.6) is 0 Å². The smallest absolute Gasteiger partial charge is 0.408 e. The lowest BCUT2D eigenvalue weighted by molar-refractivity contribution is -0.159. The van der Waals surface area contributed by atoms with Crippen molar-refractivity contribution in [1.82, 2.24) is 25.6 Å². The number of benzene rings is 2. The molecule has 0 bridgehead atoms. The van der Waals surface area contributed by atoms with Gasteiger partial charge in [0.15, 0.2) is 0 Å². The molecule has 1 fully saturated rings. The summed E-state index contributed by atoms with van der Waals surface area (Å²) in [6, 6.07) is 11.9. The molecule has 3 rings (SSSR count). The van der Waals surface area contributed by atoms with Gasteiger partial charge < -0.3 is 36.1 Å². The third-order valence-corrected chi connectivity index (χ3v) is 11.0. The van der Waals surface area contributed by atoms with Crippen molar-refractivity contribution in [3.05, 3.63) is 65.7 Å². The zero-order chi connectivity index (χ0) is 44.2. The molecular weight excluding hydrogens is 799 g/mol. The quantitative estimate of drug-likeness (QED) is 0.0446. The molecule has 0 heterocycles. The number of carbonyl (C=O) groups is 5. The lowest BCUT2D eigenvalue weighted by atomic mass is 9.93. The summed E-state index contributed by atoms with van der Waals surface area (Å²) < 4.78 is 38.7. The number of rotatable bonds is 17. The second-order valence-electron chi connectivity index (χ2n) is 16.7. The van der Waals surface area contributed by atoms with Crippen molar-refractivity contribution in [1.29, 1.82) is 0 Å². The highest BCUT2D eigenvalue weighted by Gasteiger charge is 2.47. The number of alkyl carbamates (subject to hydrolysis) is 1. The van der Waals surface area contributed by atoms with Crippen LogP contribution >= 0.6 is 12.6 Å². The van der Waals surface area contributed by atoms with E-state index in [9.17, 15) is 32.4 Å². The van der Waals surface area contributed by atoms with Crippen LogP contribution < -0.4 is 26.4 Å². The van der Waals surface area contributed by atoms with Crippen molar-refractivity contribution >= 4 is 58.4 Å². The van der Waals surface area contributed by atoms with E-state index in [0.29, 0.717) is 12.8 Å². The minimum Gasteiger partial charge on any atom is -0.458 e. The first-order valence-corrected chi connectivity index (χ1v) is 21.7. The normalized spacial score (nSPS) is 15.8. The topological polar surface area (TPSA) is 228 Å². The van der Waals surface area contributed by atoms with Gasteiger partial charge in [0.2, 0.25) is 23.7 Å². The zero-order valence-corrected chi connectivity index (χ0v) is 37.0. The number of amides is 4. The zero-order valence-electron chi connectivity index (χ0n) is 35.3. The Kier molecular flexibility index (Phi) is 17.2. The molecule has 59 heavy (non-hydrogen) atoms. The predicted octanol–water partition coefficient (Wildman–Crippen LogP) is 3.52. The standard InChI is InChI=1S/C41H61N7O9S2/c1-27-18-20-29(21-19-27)59(54,55)47-37(42)43-24-14-17-30(45-38(53)57-40(5,6)7)33(49)46-41(22-12-13-23-41)36(52)48(8)32(26-58)34(50)44-31(35(51)56-39(2,3)4)25-28-15-10-9-11-16-28/h9-11,15-16,18-21,30-32,58H,12-14,17,22-26H2,1-8H3,(H,44,50)(H,45,53)(H,46,49)(H3,42,43,47)/t30-,31-,32-/m0/s1. The fourth-order valence-corrected chi connectivity index (χ4v) is 7.76. The van der Waals surface area contributed by atoms with E-state index in [1.54, 1.807) is 53.7 Å². The molecule has 0 radical (unpaired) electrons. The molecule has 4 amide bonds. The number of sulfonamides is 1. The van der Waals surface area contributed by atoms with E-state index in [2.05, 4.69) is 38.3 Å². The first-order valence-electron chi connectivity index (χ1n) is 19.6. The van der Waals surface area contributed by atoms with Crippen LogP contribution in [0.3, 0.4) is 0 Å². The molecule has 18 heteroatoms. The predicted molar refractivity (Wildman–Crippen MR) is 228 cm³/mol. The number of thiol groups is 1. The fraction of sp³-hybridized carbons (Fsp3) is 0.561. The molecule has 0 spiro atoms. The van der Waals surface area contributed by atoms with Gasteiger partial charge in [-0.25, -0.2) is 22.7 Å². The van der Waals surface area contributed by atoms with Crippen LogP contribution in [0.4, 0.5) is 4.79 Å². The van der Waals surface area contributed by atoms with Crippen molar-refractivity contribution in [2.24, 2.45) is 10.7 Å². The molecule has 0 unspecified atom stereocenters. The van der Waals surface area contributed by atoms with Gasteiger partial charge in [-0.3, -0.25) is 19.4 Å². The number of guanidine groups is 1. The highest BCUT2D eigenvalue weighted by Crippen LogP contribution is 2.32. The number of aryl methyl sites for hydroxylation is 1. The van der Waals surface area contributed by atoms with Gasteiger partial charge >= 0.3 is 12.1 Å². The number of likely N-dealkylation sites (N-methyl/N-ethyl adjacent to an activating group) is 1. The molecule has 1 saturated carbocycles. The van der Waals surface area contributed by atoms with Gasteiger partial charge in [0.1, 0.15) is 34.9 Å². The monoisotopic (exact) mass is 859 g/mol. The number of ether oxygens (including phenoxy) is 2. The molecular formula is C41H61N7O9S2. The van der Waals surface area contributed by atoms with E-state index >= 15 is 0 Å². The molecule has 0 aliphatic heterocycles. The molecule has 16 nitrogen and oxygen atoms in total. The highest BCUT2D eigenvalue weighted by molar-refractivity contribution is 7.90. The highest BCUT2D eigenvalue weighted by atomic mass is 32.2. The van der Waals surface area contributed by atoms with Crippen LogP contribution in [0.25, 0.3) is 0 Å². The Morgan fingerprint density at radius 3 is 2.03 bits per heavy atom. The number of aliphatic imine (C=N–C) groups is 1. The average molecular weight is 860 g/mol. The van der Waals surface area contributed by atoms with Gasteiger partial charge in [0.05, 0.1) is 4.90 Å². The number of nitrogens with one attached hydrogen (secondary N) is 4. The van der Waals surface area contributed by atoms with Crippen LogP contribution in [0.1, 0.15) is 91.2 Å². The summed E-state index contributed by atoms with van der Waals surface area (Å²) in [5.74, 6) is -2.93. The van der Waals surface area contributed by atoms with Gasteiger partial charge in [-0.1, -0.05) is 60.9 Å². The second-order valence-corrected chi connectivity index (χ2v) is 18.8. The summed E-state index contributed by atoms with van der Waals surface area (Å²) in [6.07, 6.45) is 1.20. The first-order chi connectivity index (χ1) is 27.4. The molecule has 3 atom stereocenters. The van der Waals surface area contributed by atoms with Crippen molar-refractivity contribution in [2.45, 2.75) is 133 Å². The van der Waals surface area contributed by atoms with Crippen molar-refractivity contribution < 1.29 is 41.9 Å². The third-order valence-electron chi connectivity index (χ3n) is 9.29. The van der Waals surface area contributed by atoms with Crippen molar-refractivity contribution in [3.63, 3.8) is 0 Å². The Labute approximate surface area is 353 Å². The van der Waals surface area contributed by atoms with Gasteiger partial charge in [0.25, 0.3) is 10.0 Å². The third kappa shape index (κ3) is 15.4. The van der Waals surface area contributed by atoms with Crippen molar-refractivity contribution in [3.8, 4) is 0 Å². The number of esters is 1. The van der Waals surface area contributed by atoms with Gasteiger partial charge in [-0.2, -0.15) is 12.6 Å². The van der Waals surface area contributed by atoms with Gasteiger partial charge in [-0.15, -0.1) is 0 Å². The van der Waals surface area contributed by atoms with Gasteiger partial charge in [-0.05, 0) is 91.8 Å². The maximum Gasteiger partial charge on any atom is 0.408 e. The van der Waals surface area contributed by atoms with Crippen molar-refractivity contribution in [2.75, 3.05) is 19.3 Å². The van der Waals surface area contributed by atoms with E-state index in [0.717, 1.165) is 11.1 Å². The molecule has 0 aromatic heterocycles. The van der Waals surface area contributed by atoms with E-state index < -0.39 is 74.7 Å². The van der Waals surface area contributed by atoms with E-state index in [1.807, 2.05) is 37.3 Å². The minimum absolute atomic E-state index is 0.00921. The number of carbonyl (C=O) groups excluding carboxylic acids is 5. The maximum atomic E-state index is 14.4. The number of hydrogen-bond donors (Lipinski definition) is 6. The van der Waals surface area contributed by atoms with E-state index in [-0.39, 0.29) is 55.3 Å². The van der Waals surface area contributed by atoms with Crippen LogP contribution in [0, 0.1) is 6.92 Å². The van der Waals surface area contributed by atoms with E-state index in [4.69, 9.17) is 15.2 Å². The Morgan fingerprint density at radius 1 is 0.881 bits per heavy atom. The average Bonchev–Trinajstić information content (AvgIpc) is 3.60. The largest absolute Gasteiger partial charge is 0.458 e. The summed E-state index contributed by atoms with van der Waals surface area (Å²) >= 11 is 4.40. The van der Waals surface area contributed by atoms with Crippen LogP contribution in [-0.2, 0) is 45.1 Å². The molecule has 2 aromatic rings. The summed E-state index contributed by atoms with van der Waals surface area (Å²) in [4.78, 5) is 73.9. The lowest BCUT2D eigenvalue weighted by Crippen LogP contribution is -2.64. The second kappa shape index (κ2) is 20.9. The molecule has 2 aromatic carbocycles. The first kappa shape index (κ1) is 48.5. The molecule has 1 aliphatic rings. The minimum atomic E-state index is -3.99. The van der Waals surface area contributed by atoms with Crippen LogP contribution in [-0.4, -0.2) is 103 Å². The Bertz CT molecular complexity index is 1910. The van der Waals surface area contributed by atoms with E-state index in [1.165, 1.54) is 24.1 Å². The Morgan fingerprint density at radius 2 is 1.47 bits per heavy atom. The summed E-state index contributed by atoms with van der Waals surface area (Å²) in [6.45, 7) is 12.0.